The summed E-state index contributed by atoms with van der Waals surface area (Å²) in [6, 6.07) is 0. The summed E-state index contributed by atoms with van der Waals surface area (Å²) in [6.07, 6.45) is 10.6. The second-order valence-electron chi connectivity index (χ2n) is 6.63. The molecule has 0 N–H and O–H groups in total. The minimum Gasteiger partial charge on any atom is -0.309 e. The van der Waals surface area contributed by atoms with Crippen molar-refractivity contribution in [2.75, 3.05) is 40.3 Å². The van der Waals surface area contributed by atoms with E-state index in [4.69, 9.17) is 0 Å². The van der Waals surface area contributed by atoms with E-state index in [1.165, 1.54) is 51.9 Å². The summed E-state index contributed by atoms with van der Waals surface area (Å²) < 4.78 is 0. The molecule has 1 saturated heterocycles. The van der Waals surface area contributed by atoms with Crippen molar-refractivity contribution in [3.63, 3.8) is 0 Å². The number of likely N-dealkylation sites (tertiary alicyclic amines) is 1. The third-order valence-corrected chi connectivity index (χ3v) is 5.34. The number of nitrogens with zero attached hydrogens (tertiary/aromatic N) is 2. The lowest BCUT2D eigenvalue weighted by Gasteiger charge is -2.51. The van der Waals surface area contributed by atoms with Crippen LogP contribution in [0, 0.1) is 17.3 Å². The molecular formula is C15H26N2. The highest BCUT2D eigenvalue weighted by Gasteiger charge is 2.55. The fraction of sp³-hybridized carbons (Fsp3) is 0.867. The number of rotatable bonds is 4. The minimum atomic E-state index is 0.715. The molecule has 2 aliphatic carbocycles. The van der Waals surface area contributed by atoms with E-state index in [9.17, 15) is 0 Å². The predicted octanol–water partition coefficient (Wildman–Crippen LogP) is 2.23. The highest BCUT2D eigenvalue weighted by molar-refractivity contribution is 5.17. The first-order valence-electron chi connectivity index (χ1n) is 7.24. The lowest BCUT2D eigenvalue weighted by atomic mass is 9.53. The zero-order valence-corrected chi connectivity index (χ0v) is 11.4. The summed E-state index contributed by atoms with van der Waals surface area (Å²) in [5, 5.41) is 0. The second kappa shape index (κ2) is 4.40. The zero-order chi connectivity index (χ0) is 11.9. The van der Waals surface area contributed by atoms with Crippen molar-refractivity contribution < 1.29 is 0 Å². The Labute approximate surface area is 106 Å². The first kappa shape index (κ1) is 11.7. The van der Waals surface area contributed by atoms with Crippen molar-refractivity contribution >= 4 is 0 Å². The largest absolute Gasteiger partial charge is 0.309 e. The van der Waals surface area contributed by atoms with Crippen LogP contribution in [0.25, 0.3) is 0 Å². The van der Waals surface area contributed by atoms with Crippen LogP contribution in [0.3, 0.4) is 0 Å². The van der Waals surface area contributed by atoms with Gasteiger partial charge in [0.05, 0.1) is 0 Å². The van der Waals surface area contributed by atoms with E-state index in [1.807, 2.05) is 0 Å². The molecule has 3 aliphatic rings. The highest BCUT2D eigenvalue weighted by Crippen LogP contribution is 2.59. The van der Waals surface area contributed by atoms with Crippen molar-refractivity contribution in [2.24, 2.45) is 17.3 Å². The molecule has 1 heterocycles. The fourth-order valence-electron chi connectivity index (χ4n) is 4.27. The van der Waals surface area contributed by atoms with Gasteiger partial charge < -0.3 is 9.80 Å². The summed E-state index contributed by atoms with van der Waals surface area (Å²) >= 11 is 0. The van der Waals surface area contributed by atoms with Crippen LogP contribution in [-0.4, -0.2) is 50.1 Å². The van der Waals surface area contributed by atoms with Gasteiger partial charge in [0.2, 0.25) is 0 Å². The topological polar surface area (TPSA) is 6.48 Å². The Bertz CT molecular complexity index is 310. The van der Waals surface area contributed by atoms with Gasteiger partial charge in [-0.3, -0.25) is 0 Å². The van der Waals surface area contributed by atoms with Crippen LogP contribution >= 0.6 is 0 Å². The van der Waals surface area contributed by atoms with Crippen molar-refractivity contribution in [1.82, 2.24) is 9.80 Å². The van der Waals surface area contributed by atoms with E-state index < -0.39 is 0 Å². The van der Waals surface area contributed by atoms with Crippen LogP contribution in [0.1, 0.15) is 25.7 Å². The zero-order valence-electron chi connectivity index (χ0n) is 11.4. The van der Waals surface area contributed by atoms with Gasteiger partial charge in [-0.05, 0) is 70.1 Å². The lowest BCUT2D eigenvalue weighted by molar-refractivity contribution is 0.0239. The van der Waals surface area contributed by atoms with Gasteiger partial charge >= 0.3 is 0 Å². The summed E-state index contributed by atoms with van der Waals surface area (Å²) in [5.74, 6) is 1.91. The van der Waals surface area contributed by atoms with Crippen molar-refractivity contribution in [3.8, 4) is 0 Å². The van der Waals surface area contributed by atoms with Gasteiger partial charge in [-0.25, -0.2) is 0 Å². The smallest absolute Gasteiger partial charge is 0.00470 e. The number of allylic oxidation sites excluding steroid dienone is 2. The van der Waals surface area contributed by atoms with E-state index in [0.717, 1.165) is 11.8 Å². The molecule has 0 aromatic carbocycles. The maximum Gasteiger partial charge on any atom is 0.00470 e. The Kier molecular flexibility index (Phi) is 3.04. The summed E-state index contributed by atoms with van der Waals surface area (Å²) in [7, 11) is 4.35. The second-order valence-corrected chi connectivity index (χ2v) is 6.63. The monoisotopic (exact) mass is 234 g/mol. The quantitative estimate of drug-likeness (QED) is 0.688. The average molecular weight is 234 g/mol. The van der Waals surface area contributed by atoms with Gasteiger partial charge in [0.15, 0.2) is 0 Å². The molecule has 2 nitrogen and oxygen atoms in total. The molecular weight excluding hydrogens is 208 g/mol. The van der Waals surface area contributed by atoms with Crippen LogP contribution in [0.15, 0.2) is 12.2 Å². The molecule has 1 spiro atoms. The maximum absolute atomic E-state index is 2.74. The van der Waals surface area contributed by atoms with E-state index in [0.29, 0.717) is 5.41 Å². The molecule has 3 rings (SSSR count). The standard InChI is InChI=1S/C15H26N2/c1-16(2)9-4-10-17-11-14-6-3-5-13-7-8-15(13,14)12-17/h3,5,13-14H,4,6-12H2,1-2H3. The maximum atomic E-state index is 2.74. The summed E-state index contributed by atoms with van der Waals surface area (Å²) in [4.78, 5) is 5.04. The van der Waals surface area contributed by atoms with Gasteiger partial charge in [-0.1, -0.05) is 12.2 Å². The first-order chi connectivity index (χ1) is 8.21. The van der Waals surface area contributed by atoms with E-state index in [1.54, 1.807) is 0 Å². The number of hydrogen-bond donors (Lipinski definition) is 0. The van der Waals surface area contributed by atoms with Gasteiger partial charge in [-0.15, -0.1) is 0 Å². The Hall–Kier alpha value is -0.340. The molecule has 17 heavy (non-hydrogen) atoms. The first-order valence-corrected chi connectivity index (χ1v) is 7.24. The van der Waals surface area contributed by atoms with Gasteiger partial charge in [0.1, 0.15) is 0 Å². The molecule has 3 atom stereocenters. The van der Waals surface area contributed by atoms with Crippen molar-refractivity contribution in [2.45, 2.75) is 25.7 Å². The Morgan fingerprint density at radius 1 is 1.41 bits per heavy atom. The molecule has 1 saturated carbocycles. The molecule has 2 fully saturated rings. The SMILES string of the molecule is CN(C)CCCN1CC2CC=CC3CCC32C1. The molecule has 0 aromatic rings. The Morgan fingerprint density at radius 2 is 2.29 bits per heavy atom. The van der Waals surface area contributed by atoms with Crippen molar-refractivity contribution in [1.29, 1.82) is 0 Å². The summed E-state index contributed by atoms with van der Waals surface area (Å²) in [5.41, 5.74) is 0.715. The van der Waals surface area contributed by atoms with Gasteiger partial charge in [0, 0.05) is 13.1 Å². The van der Waals surface area contributed by atoms with Crippen LogP contribution in [0.5, 0.6) is 0 Å². The number of hydrogen-bond acceptors (Lipinski definition) is 2. The predicted molar refractivity (Wildman–Crippen MR) is 72.0 cm³/mol. The van der Waals surface area contributed by atoms with Gasteiger partial charge in [0.25, 0.3) is 0 Å². The highest BCUT2D eigenvalue weighted by atomic mass is 15.2. The Morgan fingerprint density at radius 3 is 2.94 bits per heavy atom. The molecule has 0 aromatic heterocycles. The van der Waals surface area contributed by atoms with Crippen LogP contribution in [0.2, 0.25) is 0 Å². The van der Waals surface area contributed by atoms with Crippen LogP contribution in [0.4, 0.5) is 0 Å². The fourth-order valence-corrected chi connectivity index (χ4v) is 4.27. The van der Waals surface area contributed by atoms with E-state index >= 15 is 0 Å². The molecule has 0 radical (unpaired) electrons. The molecule has 0 amide bonds. The molecule has 96 valence electrons. The summed E-state index contributed by atoms with van der Waals surface area (Å²) in [6.45, 7) is 5.30. The van der Waals surface area contributed by atoms with Crippen LogP contribution in [-0.2, 0) is 0 Å². The average Bonchev–Trinajstić information content (AvgIpc) is 2.63. The van der Waals surface area contributed by atoms with Crippen LogP contribution < -0.4 is 0 Å². The minimum absolute atomic E-state index is 0.715. The van der Waals surface area contributed by atoms with Gasteiger partial charge in [-0.2, -0.15) is 0 Å². The third-order valence-electron chi connectivity index (χ3n) is 5.34. The van der Waals surface area contributed by atoms with E-state index in [2.05, 4.69) is 36.0 Å². The lowest BCUT2D eigenvalue weighted by Crippen LogP contribution is -2.47. The Balaban J connectivity index is 1.55. The normalized spacial score (nSPS) is 40.2. The van der Waals surface area contributed by atoms with Crippen molar-refractivity contribution in [3.05, 3.63) is 12.2 Å². The van der Waals surface area contributed by atoms with E-state index in [-0.39, 0.29) is 0 Å². The molecule has 0 bridgehead atoms. The molecule has 3 unspecified atom stereocenters. The third kappa shape index (κ3) is 1.96. The molecule has 2 heteroatoms. The molecule has 1 aliphatic heterocycles.